The molecule has 33 heteroatoms. The van der Waals surface area contributed by atoms with Gasteiger partial charge in [-0.15, -0.1) is 20.5 Å². The number of phenols is 2. The van der Waals surface area contributed by atoms with Gasteiger partial charge in [0, 0.05) is 40.1 Å². The minimum atomic E-state index is -5.17. The number of nitrogens with zero attached hydrogens (tertiary/aromatic N) is 7. The maximum atomic E-state index is 12.7. The number of benzene rings is 7. The van der Waals surface area contributed by atoms with Gasteiger partial charge < -0.3 is 19.7 Å². The van der Waals surface area contributed by atoms with Gasteiger partial charge >= 0.3 is 0 Å². The van der Waals surface area contributed by atoms with Crippen molar-refractivity contribution in [1.82, 2.24) is 0 Å². The van der Waals surface area contributed by atoms with E-state index in [4.69, 9.17) is 14.9 Å². The van der Waals surface area contributed by atoms with Crippen LogP contribution in [0.1, 0.15) is 16.7 Å². The minimum absolute atomic E-state index is 0.0207. The fraction of sp³-hybridized carbons (Fsp3) is 0.0667. The van der Waals surface area contributed by atoms with Crippen molar-refractivity contribution in [1.29, 1.82) is 5.41 Å². The third-order valence-corrected chi connectivity index (χ3v) is 15.6. The van der Waals surface area contributed by atoms with Crippen LogP contribution in [0.3, 0.4) is 0 Å². The van der Waals surface area contributed by atoms with Crippen LogP contribution in [0.2, 0.25) is 0 Å². The lowest BCUT2D eigenvalue weighted by Crippen LogP contribution is -2.21. The van der Waals surface area contributed by atoms with Gasteiger partial charge in [0.2, 0.25) is 0 Å². The standard InChI is InChI=1S/C45H35N9O19S5/c1-21-10-35(38(72-2)19-33(21)50-48-25-5-4-22-12-26(74(57,58)59)16-41(30(22)14-25)77(66,67)68)52-53-36-18-37(55)34(20-39(36)73-3)51-54-44-42(78(69,70)71)13-23-11-24(6-7-28(23)45(44)56)47-49-32-9-8-29-31(43(32)46)15-27(75(60,61)62)17-40(29)76(63,64)65/h4-20,46-47,55-56H,1-3H3,(H,57,58,59)(H,60,61,62)(H,63,64,65)(H,66,67,68)(H,69,70,71)/b46-43?,49-32-,50-48?,53-52?,54-51?. The fourth-order valence-corrected chi connectivity index (χ4v) is 10.9. The van der Waals surface area contributed by atoms with Crippen molar-refractivity contribution < 1.29 is 84.5 Å². The number of aromatic hydroxyl groups is 2. The number of nitrogens with one attached hydrogen (secondary N) is 2. The lowest BCUT2D eigenvalue weighted by Gasteiger charge is -2.17. The molecule has 8 rings (SSSR count). The van der Waals surface area contributed by atoms with Gasteiger partial charge in [-0.25, -0.2) is 0 Å². The molecule has 0 radical (unpaired) electrons. The maximum Gasteiger partial charge on any atom is 0.296 e. The fourth-order valence-electron chi connectivity index (χ4n) is 7.57. The minimum Gasteiger partial charge on any atom is -0.506 e. The molecule has 0 saturated carbocycles. The van der Waals surface area contributed by atoms with Crippen molar-refractivity contribution in [2.24, 2.45) is 35.8 Å². The summed E-state index contributed by atoms with van der Waals surface area (Å²) in [6.45, 7) is 1.63. The van der Waals surface area contributed by atoms with E-state index < -0.39 is 98.0 Å². The van der Waals surface area contributed by atoms with Gasteiger partial charge in [0.05, 0.1) is 46.8 Å². The lowest BCUT2D eigenvalue weighted by molar-refractivity contribution is 0.413. The first-order chi connectivity index (χ1) is 36.3. The highest BCUT2D eigenvalue weighted by atomic mass is 32.2. The third-order valence-electron chi connectivity index (χ3n) is 11.3. The van der Waals surface area contributed by atoms with E-state index in [1.54, 1.807) is 6.92 Å². The summed E-state index contributed by atoms with van der Waals surface area (Å²) in [4.78, 5) is -4.33. The zero-order chi connectivity index (χ0) is 57.0. The molecule has 78 heavy (non-hydrogen) atoms. The molecular weight excluding hydrogens is 1130 g/mol. The first-order valence-electron chi connectivity index (χ1n) is 21.2. The largest absolute Gasteiger partial charge is 0.506 e. The quantitative estimate of drug-likeness (QED) is 0.0262. The van der Waals surface area contributed by atoms with E-state index in [9.17, 15) is 75.1 Å². The van der Waals surface area contributed by atoms with Gasteiger partial charge in [-0.3, -0.25) is 33.6 Å². The first-order valence-corrected chi connectivity index (χ1v) is 28.4. The molecule has 1 aliphatic carbocycles. The molecule has 0 spiro atoms. The number of anilines is 1. The highest BCUT2D eigenvalue weighted by molar-refractivity contribution is 7.87. The van der Waals surface area contributed by atoms with Crippen molar-refractivity contribution >= 4 is 129 Å². The second kappa shape index (κ2) is 20.5. The van der Waals surface area contributed by atoms with Crippen molar-refractivity contribution in [3.05, 3.63) is 114 Å². The van der Waals surface area contributed by atoms with Crippen LogP contribution in [-0.4, -0.2) is 101 Å². The molecule has 1 aliphatic rings. The number of rotatable bonds is 15. The van der Waals surface area contributed by atoms with Crippen LogP contribution in [0.4, 0.5) is 39.8 Å². The Hall–Kier alpha value is -8.51. The summed E-state index contributed by atoms with van der Waals surface area (Å²) in [6.07, 6.45) is 2.29. The van der Waals surface area contributed by atoms with Crippen molar-refractivity contribution in [3.8, 4) is 23.0 Å². The summed E-state index contributed by atoms with van der Waals surface area (Å²) in [5, 5.41) is 59.3. The van der Waals surface area contributed by atoms with E-state index in [0.29, 0.717) is 17.7 Å². The van der Waals surface area contributed by atoms with Crippen LogP contribution >= 0.6 is 0 Å². The summed E-state index contributed by atoms with van der Waals surface area (Å²) in [5.74, 6) is -1.33. The van der Waals surface area contributed by atoms with Crippen LogP contribution in [0, 0.1) is 12.3 Å². The molecule has 404 valence electrons. The van der Waals surface area contributed by atoms with Crippen molar-refractivity contribution in [3.63, 3.8) is 0 Å². The predicted octanol–water partition coefficient (Wildman–Crippen LogP) is 9.07. The Balaban J connectivity index is 1.04. The molecule has 0 aliphatic heterocycles. The number of methoxy groups -OCH3 is 2. The van der Waals surface area contributed by atoms with E-state index >= 15 is 0 Å². The number of ether oxygens (including phenoxy) is 2. The number of azo groups is 3. The molecule has 0 atom stereocenters. The van der Waals surface area contributed by atoms with E-state index in [0.717, 1.165) is 42.5 Å². The smallest absolute Gasteiger partial charge is 0.296 e. The molecular formula is C45H35N9O19S5. The number of allylic oxidation sites excluding steroid dienone is 1. The molecule has 9 N–H and O–H groups in total. The molecule has 0 aromatic heterocycles. The number of phenolic OH excluding ortho intramolecular Hbond substituents is 2. The number of aryl methyl sites for hydroxylation is 1. The van der Waals surface area contributed by atoms with E-state index in [2.05, 4.69) is 41.2 Å². The monoisotopic (exact) mass is 1170 g/mol. The maximum absolute atomic E-state index is 12.7. The second-order valence-electron chi connectivity index (χ2n) is 16.3. The predicted molar refractivity (Wildman–Crippen MR) is 277 cm³/mol. The summed E-state index contributed by atoms with van der Waals surface area (Å²) in [6, 6.07) is 16.8. The highest BCUT2D eigenvalue weighted by Crippen LogP contribution is 2.46. The molecule has 0 unspecified atom stereocenters. The Morgan fingerprint density at radius 1 is 0.513 bits per heavy atom. The SMILES string of the molecule is COc1cc(N=Nc2ccc3cc(S(=O)(=O)O)cc(S(=O)(=O)O)c3c2)c(C)cc1N=Nc1cc(O)c(N=Nc2c(S(=O)(=O)O)cc3cc(N/N=C4/C=Cc5c(cc(S(=O)(=O)O)cc5S(=O)(=O)O)C4=N)ccc3c2O)cc1OC. The summed E-state index contributed by atoms with van der Waals surface area (Å²) in [5.41, 5.74) is 1.10. The van der Waals surface area contributed by atoms with E-state index in [1.165, 1.54) is 62.8 Å². The first kappa shape index (κ1) is 55.7. The van der Waals surface area contributed by atoms with Gasteiger partial charge in [0.25, 0.3) is 50.6 Å². The van der Waals surface area contributed by atoms with Crippen LogP contribution < -0.4 is 14.9 Å². The highest BCUT2D eigenvalue weighted by Gasteiger charge is 2.29. The molecule has 7 aromatic rings. The number of fused-ring (bicyclic) bond motifs is 3. The van der Waals surface area contributed by atoms with Crippen LogP contribution in [0.5, 0.6) is 23.0 Å². The third kappa shape index (κ3) is 11.6. The molecule has 0 saturated heterocycles. The molecule has 28 nitrogen and oxygen atoms in total. The average molecular weight is 1170 g/mol. The van der Waals surface area contributed by atoms with Gasteiger partial charge in [0.1, 0.15) is 60.4 Å². The Bertz CT molecular complexity index is 4530. The number of hydrogen-bond donors (Lipinski definition) is 9. The molecule has 7 aromatic carbocycles. The van der Waals surface area contributed by atoms with Gasteiger partial charge in [-0.2, -0.15) is 57.4 Å². The van der Waals surface area contributed by atoms with E-state index in [1.807, 2.05) is 0 Å². The number of hydrazone groups is 1. The Labute approximate surface area is 440 Å². The summed E-state index contributed by atoms with van der Waals surface area (Å²) in [7, 11) is -22.5. The molecule has 0 bridgehead atoms. The van der Waals surface area contributed by atoms with Crippen molar-refractivity contribution in [2.45, 2.75) is 31.4 Å². The zero-order valence-electron chi connectivity index (χ0n) is 39.5. The molecule has 0 amide bonds. The number of hydrogen-bond acceptors (Lipinski definition) is 23. The van der Waals surface area contributed by atoms with Crippen LogP contribution in [0.25, 0.3) is 27.6 Å². The van der Waals surface area contributed by atoms with Gasteiger partial charge in [-0.1, -0.05) is 12.1 Å². The van der Waals surface area contributed by atoms with E-state index in [-0.39, 0.29) is 84.0 Å². The zero-order valence-corrected chi connectivity index (χ0v) is 43.6. The molecule has 0 heterocycles. The average Bonchev–Trinajstić information content (AvgIpc) is 3.53. The summed E-state index contributed by atoms with van der Waals surface area (Å²) >= 11 is 0. The Kier molecular flexibility index (Phi) is 14.6. The van der Waals surface area contributed by atoms with Gasteiger partial charge in [-0.05, 0) is 96.1 Å². The van der Waals surface area contributed by atoms with Crippen LogP contribution in [0.15, 0.2) is 157 Å². The Morgan fingerprint density at radius 2 is 1.09 bits per heavy atom. The van der Waals surface area contributed by atoms with Crippen LogP contribution in [-0.2, 0) is 50.6 Å². The Morgan fingerprint density at radius 3 is 1.71 bits per heavy atom. The van der Waals surface area contributed by atoms with Crippen molar-refractivity contribution in [2.75, 3.05) is 19.6 Å². The van der Waals surface area contributed by atoms with Gasteiger partial charge in [0.15, 0.2) is 5.75 Å². The topological polar surface area (TPSA) is 453 Å². The second-order valence-corrected chi connectivity index (χ2v) is 23.3. The normalized spacial score (nSPS) is 14.1. The lowest BCUT2D eigenvalue weighted by atomic mass is 9.94. The molecule has 0 fully saturated rings. The summed E-state index contributed by atoms with van der Waals surface area (Å²) < 4.78 is 181.